The average Bonchev–Trinajstić information content (AvgIpc) is 2.45. The van der Waals surface area contributed by atoms with Crippen LogP contribution in [-0.4, -0.2) is 29.6 Å². The Morgan fingerprint density at radius 2 is 2.05 bits per heavy atom. The Morgan fingerprint density at radius 3 is 2.80 bits per heavy atom. The predicted octanol–water partition coefficient (Wildman–Crippen LogP) is 3.49. The van der Waals surface area contributed by atoms with E-state index in [4.69, 9.17) is 0 Å². The first-order chi connectivity index (χ1) is 9.68. The van der Waals surface area contributed by atoms with Crippen molar-refractivity contribution in [3.05, 3.63) is 35.4 Å². The standard InChI is InChI=1S/C18H28N2/c1-15-7-6-8-17(11-15)13-20-12-16(2)19-14-18(20)9-4-3-5-10-18/h6-8,11,16,19H,3-5,9-10,12-14H2,1-2H3. The van der Waals surface area contributed by atoms with Gasteiger partial charge in [-0.1, -0.05) is 49.1 Å². The highest BCUT2D eigenvalue weighted by Crippen LogP contribution is 2.36. The zero-order valence-corrected chi connectivity index (χ0v) is 13.0. The average molecular weight is 272 g/mol. The van der Waals surface area contributed by atoms with E-state index in [9.17, 15) is 0 Å². The van der Waals surface area contributed by atoms with Gasteiger partial charge in [0, 0.05) is 31.2 Å². The summed E-state index contributed by atoms with van der Waals surface area (Å²) in [5, 5.41) is 3.73. The molecule has 1 aliphatic heterocycles. The van der Waals surface area contributed by atoms with Crippen LogP contribution in [0.4, 0.5) is 0 Å². The number of piperazine rings is 1. The summed E-state index contributed by atoms with van der Waals surface area (Å²) < 4.78 is 0. The fraction of sp³-hybridized carbons (Fsp3) is 0.667. The number of nitrogens with one attached hydrogen (secondary N) is 1. The molecule has 110 valence electrons. The zero-order valence-electron chi connectivity index (χ0n) is 13.0. The first-order valence-electron chi connectivity index (χ1n) is 8.22. The number of hydrogen-bond acceptors (Lipinski definition) is 2. The summed E-state index contributed by atoms with van der Waals surface area (Å²) in [6, 6.07) is 9.65. The van der Waals surface area contributed by atoms with Crippen molar-refractivity contribution in [3.63, 3.8) is 0 Å². The number of benzene rings is 1. The van der Waals surface area contributed by atoms with Gasteiger partial charge >= 0.3 is 0 Å². The van der Waals surface area contributed by atoms with E-state index in [0.29, 0.717) is 11.6 Å². The molecule has 1 atom stereocenters. The van der Waals surface area contributed by atoms with E-state index in [0.717, 1.165) is 6.54 Å². The molecular weight excluding hydrogens is 244 g/mol. The molecule has 1 N–H and O–H groups in total. The van der Waals surface area contributed by atoms with Gasteiger partial charge in [0.05, 0.1) is 0 Å². The van der Waals surface area contributed by atoms with Crippen LogP contribution in [0.2, 0.25) is 0 Å². The van der Waals surface area contributed by atoms with Gasteiger partial charge in [-0.15, -0.1) is 0 Å². The molecule has 1 saturated carbocycles. The van der Waals surface area contributed by atoms with Crippen LogP contribution in [0.1, 0.15) is 50.2 Å². The van der Waals surface area contributed by atoms with E-state index in [1.807, 2.05) is 0 Å². The highest BCUT2D eigenvalue weighted by atomic mass is 15.3. The van der Waals surface area contributed by atoms with Crippen LogP contribution >= 0.6 is 0 Å². The van der Waals surface area contributed by atoms with Crippen molar-refractivity contribution >= 4 is 0 Å². The summed E-state index contributed by atoms with van der Waals surface area (Å²) >= 11 is 0. The van der Waals surface area contributed by atoms with Crippen molar-refractivity contribution < 1.29 is 0 Å². The molecular formula is C18H28N2. The Labute approximate surface area is 123 Å². The van der Waals surface area contributed by atoms with Gasteiger partial charge in [0.15, 0.2) is 0 Å². The number of hydrogen-bond donors (Lipinski definition) is 1. The fourth-order valence-corrected chi connectivity index (χ4v) is 4.03. The normalized spacial score (nSPS) is 26.8. The van der Waals surface area contributed by atoms with Gasteiger partial charge in [0.1, 0.15) is 0 Å². The summed E-state index contributed by atoms with van der Waals surface area (Å²) in [5.74, 6) is 0. The highest BCUT2D eigenvalue weighted by molar-refractivity contribution is 5.22. The summed E-state index contributed by atoms with van der Waals surface area (Å²) in [7, 11) is 0. The van der Waals surface area contributed by atoms with Gasteiger partial charge < -0.3 is 5.32 Å². The molecule has 2 heteroatoms. The smallest absolute Gasteiger partial charge is 0.0338 e. The second-order valence-corrected chi connectivity index (χ2v) is 6.94. The lowest BCUT2D eigenvalue weighted by Crippen LogP contribution is -2.64. The van der Waals surface area contributed by atoms with E-state index in [1.54, 1.807) is 0 Å². The van der Waals surface area contributed by atoms with Crippen LogP contribution in [-0.2, 0) is 6.54 Å². The van der Waals surface area contributed by atoms with E-state index in [-0.39, 0.29) is 0 Å². The van der Waals surface area contributed by atoms with Crippen molar-refractivity contribution in [2.45, 2.75) is 64.1 Å². The molecule has 2 aliphatic rings. The van der Waals surface area contributed by atoms with Gasteiger partial charge in [0.2, 0.25) is 0 Å². The first kappa shape index (κ1) is 14.1. The minimum Gasteiger partial charge on any atom is -0.311 e. The van der Waals surface area contributed by atoms with E-state index < -0.39 is 0 Å². The van der Waals surface area contributed by atoms with Gasteiger partial charge in [0.25, 0.3) is 0 Å². The van der Waals surface area contributed by atoms with Gasteiger partial charge in [-0.2, -0.15) is 0 Å². The van der Waals surface area contributed by atoms with Crippen molar-refractivity contribution in [2.75, 3.05) is 13.1 Å². The molecule has 2 fully saturated rings. The van der Waals surface area contributed by atoms with Gasteiger partial charge in [-0.3, -0.25) is 4.90 Å². The van der Waals surface area contributed by atoms with Crippen LogP contribution in [0.3, 0.4) is 0 Å². The maximum atomic E-state index is 3.73. The lowest BCUT2D eigenvalue weighted by atomic mass is 9.78. The van der Waals surface area contributed by atoms with Crippen LogP contribution in [0.5, 0.6) is 0 Å². The molecule has 0 radical (unpaired) electrons. The number of aryl methyl sites for hydroxylation is 1. The monoisotopic (exact) mass is 272 g/mol. The van der Waals surface area contributed by atoms with Crippen molar-refractivity contribution in [3.8, 4) is 0 Å². The molecule has 0 aromatic heterocycles. The van der Waals surface area contributed by atoms with E-state index in [2.05, 4.69) is 48.3 Å². The Hall–Kier alpha value is -0.860. The molecule has 1 aromatic rings. The van der Waals surface area contributed by atoms with Crippen LogP contribution in [0, 0.1) is 6.92 Å². The molecule has 20 heavy (non-hydrogen) atoms. The van der Waals surface area contributed by atoms with Crippen molar-refractivity contribution in [1.82, 2.24) is 10.2 Å². The third-order valence-electron chi connectivity index (χ3n) is 5.18. The third kappa shape index (κ3) is 2.91. The summed E-state index contributed by atoms with van der Waals surface area (Å²) in [4.78, 5) is 2.78. The SMILES string of the molecule is Cc1cccc(CN2CC(C)NCC23CCCCC3)c1. The van der Waals surface area contributed by atoms with E-state index >= 15 is 0 Å². The zero-order chi connectivity index (χ0) is 14.0. The summed E-state index contributed by atoms with van der Waals surface area (Å²) in [6.07, 6.45) is 6.98. The Bertz CT molecular complexity index is 448. The van der Waals surface area contributed by atoms with Crippen LogP contribution in [0.25, 0.3) is 0 Å². The molecule has 1 unspecified atom stereocenters. The van der Waals surface area contributed by atoms with Gasteiger partial charge in [-0.25, -0.2) is 0 Å². The molecule has 1 heterocycles. The van der Waals surface area contributed by atoms with Crippen LogP contribution in [0.15, 0.2) is 24.3 Å². The first-order valence-corrected chi connectivity index (χ1v) is 8.22. The Kier molecular flexibility index (Phi) is 4.13. The second kappa shape index (κ2) is 5.87. The molecule has 1 saturated heterocycles. The predicted molar refractivity (Wildman–Crippen MR) is 84.9 cm³/mol. The summed E-state index contributed by atoms with van der Waals surface area (Å²) in [5.41, 5.74) is 3.28. The molecule has 1 aromatic carbocycles. The maximum absolute atomic E-state index is 3.73. The fourth-order valence-electron chi connectivity index (χ4n) is 4.03. The number of rotatable bonds is 2. The Balaban J connectivity index is 1.79. The van der Waals surface area contributed by atoms with Crippen molar-refractivity contribution in [2.24, 2.45) is 0 Å². The second-order valence-electron chi connectivity index (χ2n) is 6.94. The molecule has 1 spiro atoms. The van der Waals surface area contributed by atoms with Crippen molar-refractivity contribution in [1.29, 1.82) is 0 Å². The van der Waals surface area contributed by atoms with Gasteiger partial charge in [-0.05, 0) is 32.3 Å². The Morgan fingerprint density at radius 1 is 1.25 bits per heavy atom. The minimum absolute atomic E-state index is 0.425. The lowest BCUT2D eigenvalue weighted by molar-refractivity contribution is 0.00617. The maximum Gasteiger partial charge on any atom is 0.0338 e. The largest absolute Gasteiger partial charge is 0.311 e. The number of nitrogens with zero attached hydrogens (tertiary/aromatic N) is 1. The molecule has 1 aliphatic carbocycles. The highest BCUT2D eigenvalue weighted by Gasteiger charge is 2.41. The quantitative estimate of drug-likeness (QED) is 0.886. The topological polar surface area (TPSA) is 15.3 Å². The molecule has 2 nitrogen and oxygen atoms in total. The minimum atomic E-state index is 0.425. The molecule has 0 bridgehead atoms. The molecule has 0 amide bonds. The third-order valence-corrected chi connectivity index (χ3v) is 5.18. The van der Waals surface area contributed by atoms with Crippen LogP contribution < -0.4 is 5.32 Å². The molecule has 3 rings (SSSR count). The van der Waals surface area contributed by atoms with E-state index in [1.165, 1.54) is 56.3 Å². The lowest BCUT2D eigenvalue weighted by Gasteiger charge is -2.51. The summed E-state index contributed by atoms with van der Waals surface area (Å²) in [6.45, 7) is 8.00.